The lowest BCUT2D eigenvalue weighted by Gasteiger charge is -2.07. The van der Waals surface area contributed by atoms with Crippen LogP contribution >= 0.6 is 0 Å². The monoisotopic (exact) mass is 257 g/mol. The number of rotatable bonds is 3. The van der Waals surface area contributed by atoms with E-state index in [1.54, 1.807) is 0 Å². The third-order valence-corrected chi connectivity index (χ3v) is 2.37. The van der Waals surface area contributed by atoms with E-state index in [1.807, 2.05) is 6.07 Å². The molecule has 0 saturated heterocycles. The fourth-order valence-corrected chi connectivity index (χ4v) is 1.46. The van der Waals surface area contributed by atoms with Gasteiger partial charge >= 0.3 is 5.97 Å². The zero-order valence-corrected chi connectivity index (χ0v) is 9.59. The Hall–Kier alpha value is -2.94. The van der Waals surface area contributed by atoms with E-state index in [1.165, 1.54) is 30.5 Å². The summed E-state index contributed by atoms with van der Waals surface area (Å²) in [5.74, 6) is -1.60. The van der Waals surface area contributed by atoms with Gasteiger partial charge in [-0.05, 0) is 30.3 Å². The van der Waals surface area contributed by atoms with Gasteiger partial charge in [-0.15, -0.1) is 0 Å². The molecule has 0 spiro atoms. The SMILES string of the molecule is N#Cc1ccnc(Nc2ccc(C(=O)O)cc2F)c1. The maximum absolute atomic E-state index is 13.7. The van der Waals surface area contributed by atoms with Crippen LogP contribution in [0.1, 0.15) is 15.9 Å². The van der Waals surface area contributed by atoms with Gasteiger partial charge in [-0.3, -0.25) is 0 Å². The summed E-state index contributed by atoms with van der Waals surface area (Å²) in [6.07, 6.45) is 1.42. The Balaban J connectivity index is 2.28. The van der Waals surface area contributed by atoms with Crippen LogP contribution in [-0.4, -0.2) is 16.1 Å². The number of aromatic carboxylic acids is 1. The van der Waals surface area contributed by atoms with Crippen molar-refractivity contribution in [2.24, 2.45) is 0 Å². The van der Waals surface area contributed by atoms with Crippen LogP contribution in [0.15, 0.2) is 36.5 Å². The summed E-state index contributed by atoms with van der Waals surface area (Å²) in [5, 5.41) is 20.1. The Morgan fingerprint density at radius 3 is 2.79 bits per heavy atom. The number of carbonyl (C=O) groups is 1. The van der Waals surface area contributed by atoms with Crippen LogP contribution in [0.25, 0.3) is 0 Å². The van der Waals surface area contributed by atoms with Crippen molar-refractivity contribution < 1.29 is 14.3 Å². The number of aromatic nitrogens is 1. The highest BCUT2D eigenvalue weighted by atomic mass is 19.1. The van der Waals surface area contributed by atoms with Crippen LogP contribution < -0.4 is 5.32 Å². The third-order valence-electron chi connectivity index (χ3n) is 2.37. The molecule has 0 radical (unpaired) electrons. The van der Waals surface area contributed by atoms with E-state index < -0.39 is 11.8 Å². The zero-order chi connectivity index (χ0) is 13.8. The van der Waals surface area contributed by atoms with Crippen molar-refractivity contribution in [1.82, 2.24) is 4.98 Å². The second kappa shape index (κ2) is 5.14. The molecule has 6 heteroatoms. The molecule has 0 aliphatic rings. The number of anilines is 2. The molecule has 1 aromatic carbocycles. The highest BCUT2D eigenvalue weighted by Crippen LogP contribution is 2.20. The lowest BCUT2D eigenvalue weighted by molar-refractivity contribution is 0.0696. The number of carboxylic acids is 1. The van der Waals surface area contributed by atoms with Gasteiger partial charge in [0.2, 0.25) is 0 Å². The Morgan fingerprint density at radius 2 is 2.16 bits per heavy atom. The molecule has 0 saturated carbocycles. The van der Waals surface area contributed by atoms with Crippen LogP contribution in [0.3, 0.4) is 0 Å². The number of nitriles is 1. The van der Waals surface area contributed by atoms with Crippen molar-refractivity contribution in [2.45, 2.75) is 0 Å². The average Bonchev–Trinajstić information content (AvgIpc) is 2.41. The summed E-state index contributed by atoms with van der Waals surface area (Å²) >= 11 is 0. The van der Waals surface area contributed by atoms with Crippen molar-refractivity contribution in [3.05, 3.63) is 53.5 Å². The molecule has 0 amide bonds. The van der Waals surface area contributed by atoms with E-state index >= 15 is 0 Å². The average molecular weight is 257 g/mol. The predicted octanol–water partition coefficient (Wildman–Crippen LogP) is 2.53. The number of benzene rings is 1. The number of hydrogen-bond acceptors (Lipinski definition) is 4. The molecule has 0 aliphatic heterocycles. The fourth-order valence-electron chi connectivity index (χ4n) is 1.46. The van der Waals surface area contributed by atoms with Gasteiger partial charge < -0.3 is 10.4 Å². The zero-order valence-electron chi connectivity index (χ0n) is 9.59. The topological polar surface area (TPSA) is 86.0 Å². The van der Waals surface area contributed by atoms with Crippen LogP contribution in [0.5, 0.6) is 0 Å². The molecule has 1 heterocycles. The van der Waals surface area contributed by atoms with Gasteiger partial charge in [0.1, 0.15) is 11.6 Å². The first-order valence-electron chi connectivity index (χ1n) is 5.26. The Bertz CT molecular complexity index is 680. The quantitative estimate of drug-likeness (QED) is 0.882. The lowest BCUT2D eigenvalue weighted by atomic mass is 10.2. The molecule has 1 aromatic heterocycles. The molecule has 94 valence electrons. The molecule has 2 N–H and O–H groups in total. The molecule has 0 aliphatic carbocycles. The first kappa shape index (κ1) is 12.5. The molecule has 19 heavy (non-hydrogen) atoms. The van der Waals surface area contributed by atoms with E-state index in [0.29, 0.717) is 11.4 Å². The Kier molecular flexibility index (Phi) is 3.39. The van der Waals surface area contributed by atoms with Gasteiger partial charge in [0.05, 0.1) is 22.9 Å². The molecular weight excluding hydrogens is 249 g/mol. The van der Waals surface area contributed by atoms with Gasteiger partial charge in [-0.25, -0.2) is 14.2 Å². The van der Waals surface area contributed by atoms with Gasteiger partial charge in [0.15, 0.2) is 0 Å². The maximum atomic E-state index is 13.7. The summed E-state index contributed by atoms with van der Waals surface area (Å²) in [6.45, 7) is 0. The lowest BCUT2D eigenvalue weighted by Crippen LogP contribution is -2.00. The van der Waals surface area contributed by atoms with Gasteiger partial charge in [-0.1, -0.05) is 0 Å². The largest absolute Gasteiger partial charge is 0.478 e. The number of hydrogen-bond donors (Lipinski definition) is 2. The molecule has 0 atom stereocenters. The van der Waals surface area contributed by atoms with E-state index in [-0.39, 0.29) is 11.3 Å². The Labute approximate surface area is 108 Å². The smallest absolute Gasteiger partial charge is 0.335 e. The molecule has 0 fully saturated rings. The van der Waals surface area contributed by atoms with Gasteiger partial charge in [0, 0.05) is 6.20 Å². The number of pyridine rings is 1. The normalized spacial score (nSPS) is 9.68. The van der Waals surface area contributed by atoms with Crippen molar-refractivity contribution in [2.75, 3.05) is 5.32 Å². The number of carboxylic acid groups (broad SMARTS) is 1. The molecule has 5 nitrogen and oxygen atoms in total. The summed E-state index contributed by atoms with van der Waals surface area (Å²) in [7, 11) is 0. The summed E-state index contributed by atoms with van der Waals surface area (Å²) in [5.41, 5.74) is 0.342. The first-order chi connectivity index (χ1) is 9.10. The van der Waals surface area contributed by atoms with E-state index in [0.717, 1.165) is 6.07 Å². The maximum Gasteiger partial charge on any atom is 0.335 e. The number of halogens is 1. The second-order valence-electron chi connectivity index (χ2n) is 3.67. The highest BCUT2D eigenvalue weighted by Gasteiger charge is 2.09. The summed E-state index contributed by atoms with van der Waals surface area (Å²) < 4.78 is 13.7. The summed E-state index contributed by atoms with van der Waals surface area (Å²) in [6, 6.07) is 8.43. The molecule has 0 unspecified atom stereocenters. The van der Waals surface area contributed by atoms with Gasteiger partial charge in [0.25, 0.3) is 0 Å². The summed E-state index contributed by atoms with van der Waals surface area (Å²) in [4.78, 5) is 14.6. The van der Waals surface area contributed by atoms with Crippen LogP contribution in [0.2, 0.25) is 0 Å². The van der Waals surface area contributed by atoms with E-state index in [9.17, 15) is 9.18 Å². The van der Waals surface area contributed by atoms with Crippen LogP contribution in [0.4, 0.5) is 15.9 Å². The van der Waals surface area contributed by atoms with Crippen LogP contribution in [-0.2, 0) is 0 Å². The first-order valence-corrected chi connectivity index (χ1v) is 5.26. The molecule has 2 aromatic rings. The van der Waals surface area contributed by atoms with E-state index in [2.05, 4.69) is 10.3 Å². The van der Waals surface area contributed by atoms with Crippen molar-refractivity contribution >= 4 is 17.5 Å². The third kappa shape index (κ3) is 2.84. The van der Waals surface area contributed by atoms with Gasteiger partial charge in [-0.2, -0.15) is 5.26 Å². The fraction of sp³-hybridized carbons (Fsp3) is 0. The number of nitrogens with zero attached hydrogens (tertiary/aromatic N) is 2. The minimum Gasteiger partial charge on any atom is -0.478 e. The van der Waals surface area contributed by atoms with E-state index in [4.69, 9.17) is 10.4 Å². The standard InChI is InChI=1S/C13H8FN3O2/c14-10-6-9(13(18)19)1-2-11(10)17-12-5-8(7-15)3-4-16-12/h1-6H,(H,16,17)(H,18,19). The predicted molar refractivity (Wildman–Crippen MR) is 65.6 cm³/mol. The van der Waals surface area contributed by atoms with Crippen molar-refractivity contribution in [3.63, 3.8) is 0 Å². The minimum absolute atomic E-state index is 0.0904. The van der Waals surface area contributed by atoms with Crippen molar-refractivity contribution in [3.8, 4) is 6.07 Å². The molecule has 0 bridgehead atoms. The second-order valence-corrected chi connectivity index (χ2v) is 3.67. The number of nitrogens with one attached hydrogen (secondary N) is 1. The Morgan fingerprint density at radius 1 is 1.37 bits per heavy atom. The van der Waals surface area contributed by atoms with Crippen molar-refractivity contribution in [1.29, 1.82) is 5.26 Å². The minimum atomic E-state index is -1.20. The molecular formula is C13H8FN3O2. The molecule has 2 rings (SSSR count). The highest BCUT2D eigenvalue weighted by molar-refractivity contribution is 5.88. The van der Waals surface area contributed by atoms with Crippen LogP contribution in [0, 0.1) is 17.1 Å².